The molecule has 0 fully saturated rings. The number of benzene rings is 2. The van der Waals surface area contributed by atoms with Gasteiger partial charge in [-0.2, -0.15) is 5.26 Å². The molecule has 128 valence electrons. The standard InChI is InChI=1S/C20H21N3O2/c1-3-23(4-2)14-7-5-13(6-8-14)19-16-10-9-15(24)11-18(16)25-20(22)17(19)12-21/h5-11,19,24H,3-4,22H2,1-2H3/t19-/m0/s1. The first kappa shape index (κ1) is 16.7. The van der Waals surface area contributed by atoms with E-state index >= 15 is 0 Å². The highest BCUT2D eigenvalue weighted by molar-refractivity contribution is 5.58. The molecule has 0 bridgehead atoms. The van der Waals surface area contributed by atoms with Crippen molar-refractivity contribution >= 4 is 5.69 Å². The second-order valence-electron chi connectivity index (χ2n) is 5.91. The number of anilines is 1. The van der Waals surface area contributed by atoms with Gasteiger partial charge >= 0.3 is 0 Å². The second-order valence-corrected chi connectivity index (χ2v) is 5.91. The number of ether oxygens (including phenoxy) is 1. The monoisotopic (exact) mass is 335 g/mol. The maximum atomic E-state index is 9.70. The zero-order valence-corrected chi connectivity index (χ0v) is 14.4. The molecule has 1 heterocycles. The highest BCUT2D eigenvalue weighted by Gasteiger charge is 2.30. The highest BCUT2D eigenvalue weighted by Crippen LogP contribution is 2.43. The fraction of sp³-hybridized carbons (Fsp3) is 0.250. The minimum atomic E-state index is -0.305. The van der Waals surface area contributed by atoms with Gasteiger partial charge in [0, 0.05) is 30.4 Å². The van der Waals surface area contributed by atoms with E-state index in [1.807, 2.05) is 12.1 Å². The Morgan fingerprint density at radius 2 is 1.84 bits per heavy atom. The largest absolute Gasteiger partial charge is 0.508 e. The predicted octanol–water partition coefficient (Wildman–Crippen LogP) is 3.46. The first-order valence-electron chi connectivity index (χ1n) is 8.34. The average molecular weight is 335 g/mol. The smallest absolute Gasteiger partial charge is 0.205 e. The van der Waals surface area contributed by atoms with Gasteiger partial charge < -0.3 is 20.5 Å². The summed E-state index contributed by atoms with van der Waals surface area (Å²) in [5, 5.41) is 19.3. The van der Waals surface area contributed by atoms with Crippen LogP contribution in [0.25, 0.3) is 0 Å². The van der Waals surface area contributed by atoms with E-state index in [-0.39, 0.29) is 17.6 Å². The van der Waals surface area contributed by atoms with Crippen LogP contribution in [-0.2, 0) is 0 Å². The van der Waals surface area contributed by atoms with Crippen LogP contribution in [-0.4, -0.2) is 18.2 Å². The highest BCUT2D eigenvalue weighted by atomic mass is 16.5. The van der Waals surface area contributed by atoms with Crippen molar-refractivity contribution in [3.63, 3.8) is 0 Å². The topological polar surface area (TPSA) is 82.5 Å². The number of nitrogens with two attached hydrogens (primary N) is 1. The first-order valence-corrected chi connectivity index (χ1v) is 8.34. The molecule has 0 unspecified atom stereocenters. The molecule has 0 radical (unpaired) electrons. The van der Waals surface area contributed by atoms with Crippen LogP contribution in [0.5, 0.6) is 11.5 Å². The summed E-state index contributed by atoms with van der Waals surface area (Å²) in [6.45, 7) is 6.11. The van der Waals surface area contributed by atoms with Crippen molar-refractivity contribution in [3.8, 4) is 17.6 Å². The van der Waals surface area contributed by atoms with Crippen LogP contribution in [0.3, 0.4) is 0 Å². The first-order chi connectivity index (χ1) is 12.1. The van der Waals surface area contributed by atoms with Crippen molar-refractivity contribution in [1.82, 2.24) is 0 Å². The van der Waals surface area contributed by atoms with E-state index in [4.69, 9.17) is 10.5 Å². The van der Waals surface area contributed by atoms with Crippen LogP contribution in [0.4, 0.5) is 5.69 Å². The van der Waals surface area contributed by atoms with Crippen molar-refractivity contribution in [3.05, 3.63) is 65.0 Å². The van der Waals surface area contributed by atoms with E-state index < -0.39 is 0 Å². The van der Waals surface area contributed by atoms with Crippen molar-refractivity contribution in [2.45, 2.75) is 19.8 Å². The molecule has 0 aromatic heterocycles. The molecule has 3 rings (SSSR count). The number of allylic oxidation sites excluding steroid dienone is 1. The summed E-state index contributed by atoms with van der Waals surface area (Å²) in [4.78, 5) is 2.26. The average Bonchev–Trinajstić information content (AvgIpc) is 2.62. The van der Waals surface area contributed by atoms with Crippen LogP contribution in [0.15, 0.2) is 53.9 Å². The molecule has 0 saturated carbocycles. The summed E-state index contributed by atoms with van der Waals surface area (Å²) in [5.74, 6) is 0.357. The summed E-state index contributed by atoms with van der Waals surface area (Å²) >= 11 is 0. The minimum absolute atomic E-state index is 0.0819. The molecule has 2 aromatic carbocycles. The number of phenols is 1. The van der Waals surface area contributed by atoms with Gasteiger partial charge in [0.2, 0.25) is 5.88 Å². The van der Waals surface area contributed by atoms with E-state index in [0.29, 0.717) is 11.3 Å². The van der Waals surface area contributed by atoms with E-state index in [0.717, 1.165) is 29.9 Å². The molecule has 0 spiro atoms. The lowest BCUT2D eigenvalue weighted by molar-refractivity contribution is 0.388. The number of nitrogens with zero attached hydrogens (tertiary/aromatic N) is 2. The van der Waals surface area contributed by atoms with Crippen LogP contribution in [0, 0.1) is 11.3 Å². The number of hydrogen-bond acceptors (Lipinski definition) is 5. The fourth-order valence-electron chi connectivity index (χ4n) is 3.25. The van der Waals surface area contributed by atoms with E-state index in [1.54, 1.807) is 12.1 Å². The van der Waals surface area contributed by atoms with Gasteiger partial charge in [-0.25, -0.2) is 0 Å². The van der Waals surface area contributed by atoms with Gasteiger partial charge in [-0.15, -0.1) is 0 Å². The Kier molecular flexibility index (Phi) is 4.53. The molecule has 0 saturated heterocycles. The van der Waals surface area contributed by atoms with Gasteiger partial charge in [0.25, 0.3) is 0 Å². The molecule has 1 aliphatic rings. The van der Waals surface area contributed by atoms with Crippen molar-refractivity contribution in [1.29, 1.82) is 5.26 Å². The van der Waals surface area contributed by atoms with Gasteiger partial charge in [-0.05, 0) is 37.6 Å². The van der Waals surface area contributed by atoms with Crippen molar-refractivity contribution in [2.75, 3.05) is 18.0 Å². The van der Waals surface area contributed by atoms with Gasteiger partial charge in [0.15, 0.2) is 0 Å². The zero-order valence-electron chi connectivity index (χ0n) is 14.4. The Hall–Kier alpha value is -3.13. The minimum Gasteiger partial charge on any atom is -0.508 e. The summed E-state index contributed by atoms with van der Waals surface area (Å²) in [5.41, 5.74) is 9.25. The lowest BCUT2D eigenvalue weighted by atomic mass is 9.83. The lowest BCUT2D eigenvalue weighted by Gasteiger charge is -2.27. The molecule has 5 heteroatoms. The third-order valence-electron chi connectivity index (χ3n) is 4.56. The number of fused-ring (bicyclic) bond motifs is 1. The van der Waals surface area contributed by atoms with Crippen LogP contribution < -0.4 is 15.4 Å². The van der Waals surface area contributed by atoms with Gasteiger partial charge in [-0.1, -0.05) is 18.2 Å². The summed E-state index contributed by atoms with van der Waals surface area (Å²) < 4.78 is 5.53. The molecule has 25 heavy (non-hydrogen) atoms. The van der Waals surface area contributed by atoms with E-state index in [1.165, 1.54) is 6.07 Å². The molecule has 0 amide bonds. The molecule has 2 aromatic rings. The fourth-order valence-corrected chi connectivity index (χ4v) is 3.25. The molecule has 1 atom stereocenters. The number of phenolic OH excluding ortho intramolecular Hbond substituents is 1. The number of hydrogen-bond donors (Lipinski definition) is 2. The molecular weight excluding hydrogens is 314 g/mol. The number of nitriles is 1. The van der Waals surface area contributed by atoms with Crippen molar-refractivity contribution < 1.29 is 9.84 Å². The molecule has 1 aliphatic heterocycles. The van der Waals surface area contributed by atoms with Crippen LogP contribution >= 0.6 is 0 Å². The van der Waals surface area contributed by atoms with Crippen molar-refractivity contribution in [2.24, 2.45) is 5.73 Å². The summed E-state index contributed by atoms with van der Waals surface area (Å²) in [6.07, 6.45) is 0. The van der Waals surface area contributed by atoms with Gasteiger partial charge in [0.05, 0.1) is 5.92 Å². The van der Waals surface area contributed by atoms with Gasteiger partial charge in [0.1, 0.15) is 23.1 Å². The second kappa shape index (κ2) is 6.78. The van der Waals surface area contributed by atoms with Crippen LogP contribution in [0.2, 0.25) is 0 Å². The SMILES string of the molecule is CCN(CC)c1ccc([C@@H]2C(C#N)=C(N)Oc3cc(O)ccc32)cc1. The van der Waals surface area contributed by atoms with Gasteiger partial charge in [-0.3, -0.25) is 0 Å². The lowest BCUT2D eigenvalue weighted by Crippen LogP contribution is -2.22. The van der Waals surface area contributed by atoms with E-state index in [9.17, 15) is 10.4 Å². The Bertz CT molecular complexity index is 846. The Morgan fingerprint density at radius 1 is 1.16 bits per heavy atom. The predicted molar refractivity (Wildman–Crippen MR) is 97.4 cm³/mol. The molecule has 5 nitrogen and oxygen atoms in total. The molecule has 0 aliphatic carbocycles. The molecular formula is C20H21N3O2. The summed E-state index contributed by atoms with van der Waals surface area (Å²) in [6, 6.07) is 15.2. The Labute approximate surface area is 147 Å². The third kappa shape index (κ3) is 2.99. The maximum absolute atomic E-state index is 9.70. The number of rotatable bonds is 4. The third-order valence-corrected chi connectivity index (χ3v) is 4.56. The summed E-state index contributed by atoms with van der Waals surface area (Å²) in [7, 11) is 0. The molecule has 3 N–H and O–H groups in total. The quantitative estimate of drug-likeness (QED) is 0.894. The Morgan fingerprint density at radius 3 is 2.44 bits per heavy atom. The van der Waals surface area contributed by atoms with Crippen LogP contribution in [0.1, 0.15) is 30.9 Å². The Balaban J connectivity index is 2.07. The zero-order chi connectivity index (χ0) is 18.0. The normalized spacial score (nSPS) is 16.0. The maximum Gasteiger partial charge on any atom is 0.205 e. The van der Waals surface area contributed by atoms with E-state index in [2.05, 4.69) is 36.9 Å². The number of aromatic hydroxyl groups is 1.